The van der Waals surface area contributed by atoms with Gasteiger partial charge < -0.3 is 20.3 Å². The quantitative estimate of drug-likeness (QED) is 0.749. The van der Waals surface area contributed by atoms with Gasteiger partial charge in [0.2, 0.25) is 5.43 Å². The molecule has 0 spiro atoms. The SMILES string of the molecule is CC(C)(N)[C@H]1CCN(c2c(F)cc3c(=O)c(C(=O)O)cn(C4CC4)c3c2Cl)C1.Cl. The Balaban J connectivity index is 0.00000240. The fraction of sp³-hybridized carbons (Fsp3) is 0.500. The highest BCUT2D eigenvalue weighted by atomic mass is 35.5. The van der Waals surface area contributed by atoms with Crippen LogP contribution in [-0.2, 0) is 0 Å². The Kier molecular flexibility index (Phi) is 5.62. The number of rotatable bonds is 4. The third-order valence-corrected chi connectivity index (χ3v) is 6.27. The van der Waals surface area contributed by atoms with Crippen LogP contribution in [0.5, 0.6) is 0 Å². The fourth-order valence-electron chi connectivity index (χ4n) is 4.09. The molecule has 1 aromatic heterocycles. The molecule has 1 saturated heterocycles. The molecule has 0 bridgehead atoms. The second-order valence-corrected chi connectivity index (χ2v) is 8.86. The molecule has 9 heteroatoms. The number of pyridine rings is 1. The topological polar surface area (TPSA) is 88.6 Å². The summed E-state index contributed by atoms with van der Waals surface area (Å²) >= 11 is 6.65. The van der Waals surface area contributed by atoms with E-state index in [-0.39, 0.29) is 51.6 Å². The number of nitrogens with two attached hydrogens (primary N) is 1. The van der Waals surface area contributed by atoms with Crippen LogP contribution in [0.25, 0.3) is 10.9 Å². The zero-order valence-corrected chi connectivity index (χ0v) is 17.8. The summed E-state index contributed by atoms with van der Waals surface area (Å²) in [6, 6.07) is 1.21. The van der Waals surface area contributed by atoms with E-state index in [9.17, 15) is 14.7 Å². The largest absolute Gasteiger partial charge is 0.477 e. The molecule has 2 aliphatic rings. The van der Waals surface area contributed by atoms with Crippen LogP contribution in [0.15, 0.2) is 17.1 Å². The summed E-state index contributed by atoms with van der Waals surface area (Å²) in [5.41, 5.74) is 5.43. The van der Waals surface area contributed by atoms with Gasteiger partial charge in [-0.05, 0) is 45.1 Å². The van der Waals surface area contributed by atoms with E-state index in [1.54, 1.807) is 4.57 Å². The minimum atomic E-state index is -1.32. The summed E-state index contributed by atoms with van der Waals surface area (Å²) in [4.78, 5) is 26.0. The van der Waals surface area contributed by atoms with E-state index in [2.05, 4.69) is 0 Å². The lowest BCUT2D eigenvalue weighted by Gasteiger charge is -2.28. The maximum atomic E-state index is 15.1. The van der Waals surface area contributed by atoms with Gasteiger partial charge >= 0.3 is 5.97 Å². The third kappa shape index (κ3) is 3.71. The van der Waals surface area contributed by atoms with E-state index in [0.29, 0.717) is 18.6 Å². The van der Waals surface area contributed by atoms with Gasteiger partial charge in [0, 0.05) is 30.9 Å². The smallest absolute Gasteiger partial charge is 0.341 e. The van der Waals surface area contributed by atoms with Crippen LogP contribution < -0.4 is 16.1 Å². The van der Waals surface area contributed by atoms with E-state index in [0.717, 1.165) is 25.3 Å². The van der Waals surface area contributed by atoms with Crippen molar-refractivity contribution in [3.05, 3.63) is 38.9 Å². The van der Waals surface area contributed by atoms with Crippen LogP contribution in [0.1, 0.15) is 49.5 Å². The average molecular weight is 444 g/mol. The Morgan fingerprint density at radius 2 is 2.00 bits per heavy atom. The number of carboxylic acid groups (broad SMARTS) is 1. The predicted octanol–water partition coefficient (Wildman–Crippen LogP) is 3.81. The van der Waals surface area contributed by atoms with Crippen LogP contribution in [0.2, 0.25) is 5.02 Å². The number of benzene rings is 1. The van der Waals surface area contributed by atoms with Gasteiger partial charge in [-0.25, -0.2) is 9.18 Å². The molecule has 29 heavy (non-hydrogen) atoms. The van der Waals surface area contributed by atoms with Crippen LogP contribution in [0.4, 0.5) is 10.1 Å². The van der Waals surface area contributed by atoms with Crippen molar-refractivity contribution in [1.29, 1.82) is 0 Å². The lowest BCUT2D eigenvalue weighted by atomic mass is 9.88. The lowest BCUT2D eigenvalue weighted by molar-refractivity contribution is 0.0695. The molecule has 1 aromatic carbocycles. The van der Waals surface area contributed by atoms with Gasteiger partial charge in [0.25, 0.3) is 0 Å². The van der Waals surface area contributed by atoms with Gasteiger partial charge in [0.1, 0.15) is 11.4 Å². The summed E-state index contributed by atoms with van der Waals surface area (Å²) in [6.07, 6.45) is 3.90. The molecular formula is C20H24Cl2FN3O3. The molecule has 4 rings (SSSR count). The first-order valence-corrected chi connectivity index (χ1v) is 9.81. The summed E-state index contributed by atoms with van der Waals surface area (Å²) in [6.45, 7) is 5.11. The van der Waals surface area contributed by atoms with Gasteiger partial charge in [-0.1, -0.05) is 11.6 Å². The number of nitrogens with zero attached hydrogens (tertiary/aromatic N) is 2. The molecule has 2 heterocycles. The minimum Gasteiger partial charge on any atom is -0.477 e. The van der Waals surface area contributed by atoms with E-state index >= 15 is 4.39 Å². The average Bonchev–Trinajstić information content (AvgIpc) is 3.31. The van der Waals surface area contributed by atoms with Crippen molar-refractivity contribution < 1.29 is 14.3 Å². The molecule has 1 saturated carbocycles. The second kappa shape index (κ2) is 7.45. The minimum absolute atomic E-state index is 0. The highest BCUT2D eigenvalue weighted by Crippen LogP contribution is 2.43. The Morgan fingerprint density at radius 1 is 1.34 bits per heavy atom. The third-order valence-electron chi connectivity index (χ3n) is 5.91. The van der Waals surface area contributed by atoms with Crippen molar-refractivity contribution in [2.24, 2.45) is 11.7 Å². The van der Waals surface area contributed by atoms with E-state index in [1.807, 2.05) is 18.7 Å². The van der Waals surface area contributed by atoms with Crippen molar-refractivity contribution in [3.63, 3.8) is 0 Å². The number of aromatic nitrogens is 1. The zero-order valence-electron chi connectivity index (χ0n) is 16.2. The number of hydrogen-bond donors (Lipinski definition) is 2. The maximum absolute atomic E-state index is 15.1. The van der Waals surface area contributed by atoms with E-state index < -0.39 is 17.2 Å². The number of aromatic carboxylic acids is 1. The van der Waals surface area contributed by atoms with Gasteiger partial charge in [-0.2, -0.15) is 0 Å². The molecule has 0 radical (unpaired) electrons. The number of halogens is 3. The predicted molar refractivity (Wildman–Crippen MR) is 114 cm³/mol. The van der Waals surface area contributed by atoms with E-state index in [1.165, 1.54) is 6.20 Å². The molecule has 0 amide bonds. The highest BCUT2D eigenvalue weighted by Gasteiger charge is 2.35. The Morgan fingerprint density at radius 3 is 2.52 bits per heavy atom. The number of carbonyl (C=O) groups is 1. The molecule has 2 fully saturated rings. The number of anilines is 1. The van der Waals surface area contributed by atoms with Gasteiger partial charge in [0.05, 0.1) is 21.6 Å². The molecule has 1 aliphatic carbocycles. The van der Waals surface area contributed by atoms with Crippen LogP contribution in [-0.4, -0.2) is 34.3 Å². The number of hydrogen-bond acceptors (Lipinski definition) is 4. The molecule has 3 N–H and O–H groups in total. The molecular weight excluding hydrogens is 420 g/mol. The molecule has 1 aliphatic heterocycles. The molecule has 1 atom stereocenters. The number of carboxylic acids is 1. The normalized spacial score (nSPS) is 19.5. The summed E-state index contributed by atoms with van der Waals surface area (Å²) < 4.78 is 16.8. The van der Waals surface area contributed by atoms with Gasteiger partial charge in [0.15, 0.2) is 0 Å². The first kappa shape index (κ1) is 21.9. The Labute approximate surface area is 178 Å². The van der Waals surface area contributed by atoms with Crippen LogP contribution in [0.3, 0.4) is 0 Å². The zero-order chi connectivity index (χ0) is 20.4. The van der Waals surface area contributed by atoms with Gasteiger partial charge in [-0.3, -0.25) is 4.79 Å². The van der Waals surface area contributed by atoms with Crippen molar-refractivity contribution in [2.45, 2.75) is 44.7 Å². The molecule has 158 valence electrons. The van der Waals surface area contributed by atoms with Crippen LogP contribution >= 0.6 is 24.0 Å². The first-order chi connectivity index (χ1) is 13.1. The highest BCUT2D eigenvalue weighted by molar-refractivity contribution is 6.38. The summed E-state index contributed by atoms with van der Waals surface area (Å²) in [5, 5.41) is 9.53. The van der Waals surface area contributed by atoms with E-state index in [4.69, 9.17) is 17.3 Å². The van der Waals surface area contributed by atoms with Crippen molar-refractivity contribution in [3.8, 4) is 0 Å². The molecule has 0 unspecified atom stereocenters. The van der Waals surface area contributed by atoms with Crippen LogP contribution in [0, 0.1) is 11.7 Å². The van der Waals surface area contributed by atoms with Gasteiger partial charge in [-0.15, -0.1) is 12.4 Å². The lowest BCUT2D eigenvalue weighted by Crippen LogP contribution is -2.42. The summed E-state index contributed by atoms with van der Waals surface area (Å²) in [7, 11) is 0. The van der Waals surface area contributed by atoms with Crippen molar-refractivity contribution in [1.82, 2.24) is 4.57 Å². The van der Waals surface area contributed by atoms with Crippen molar-refractivity contribution >= 4 is 46.6 Å². The molecule has 2 aromatic rings. The fourth-order valence-corrected chi connectivity index (χ4v) is 4.49. The standard InChI is InChI=1S/C20H23ClFN3O3.ClH/c1-20(2,23)10-5-6-24(8-10)17-14(22)7-12-16(15(17)21)25(11-3-4-11)9-13(18(12)26)19(27)28;/h7,9-11H,3-6,8,23H2,1-2H3,(H,27,28);1H/t10-;/m0./s1. The summed E-state index contributed by atoms with van der Waals surface area (Å²) in [5.74, 6) is -1.75. The molecule has 6 nitrogen and oxygen atoms in total. The second-order valence-electron chi connectivity index (χ2n) is 8.49. The Hall–Kier alpha value is -1.83. The monoisotopic (exact) mass is 443 g/mol. The maximum Gasteiger partial charge on any atom is 0.341 e. The van der Waals surface area contributed by atoms with Crippen molar-refractivity contribution in [2.75, 3.05) is 18.0 Å². The number of fused-ring (bicyclic) bond motifs is 1. The first-order valence-electron chi connectivity index (χ1n) is 9.43. The Bertz CT molecular complexity index is 1040.